The molecule has 0 fully saturated rings. The fourth-order valence-electron chi connectivity index (χ4n) is 2.75. The Morgan fingerprint density at radius 1 is 1.26 bits per heavy atom. The Labute approximate surface area is 156 Å². The van der Waals surface area contributed by atoms with Crippen LogP contribution in [0, 0.1) is 0 Å². The molecule has 0 radical (unpaired) electrons. The molecule has 2 aromatic heterocycles. The van der Waals surface area contributed by atoms with Crippen LogP contribution in [0.4, 0.5) is 0 Å². The molecule has 4 rings (SSSR count). The minimum absolute atomic E-state index is 0.184. The molecule has 0 unspecified atom stereocenters. The number of benzene rings is 1. The summed E-state index contributed by atoms with van der Waals surface area (Å²) in [6, 6.07) is 11.3. The summed E-state index contributed by atoms with van der Waals surface area (Å²) in [7, 11) is 1.85. The molecule has 7 heteroatoms. The number of hydrogen-bond acceptors (Lipinski definition) is 5. The lowest BCUT2D eigenvalue weighted by Gasteiger charge is -2.02. The molecule has 1 aliphatic rings. The molecule has 3 heterocycles. The number of amides is 1. The van der Waals surface area contributed by atoms with Crippen LogP contribution in [0.2, 0.25) is 0 Å². The average molecular weight is 362 g/mol. The zero-order chi connectivity index (χ0) is 18.6. The highest BCUT2D eigenvalue weighted by molar-refractivity contribution is 5.91. The number of hydrogen-bond donors (Lipinski definition) is 1. The third-order valence-corrected chi connectivity index (χ3v) is 4.20. The summed E-state index contributed by atoms with van der Waals surface area (Å²) >= 11 is 0. The Bertz CT molecular complexity index is 996. The Balaban J connectivity index is 1.37. The minimum atomic E-state index is -0.184. The second kappa shape index (κ2) is 7.33. The molecule has 0 saturated heterocycles. The van der Waals surface area contributed by atoms with Gasteiger partial charge in [0.05, 0.1) is 17.9 Å². The van der Waals surface area contributed by atoms with E-state index in [0.29, 0.717) is 12.3 Å². The number of rotatable bonds is 5. The first-order valence-corrected chi connectivity index (χ1v) is 8.48. The van der Waals surface area contributed by atoms with Crippen molar-refractivity contribution in [3.05, 3.63) is 66.1 Å². The summed E-state index contributed by atoms with van der Waals surface area (Å²) in [4.78, 5) is 16.2. The normalized spacial score (nSPS) is 12.5. The standard InChI is InChI=1S/C20H18N4O3/c1-24-16(10-17(23-24)15-3-2-8-21-11-15)12-22-20(25)7-5-14-4-6-18-19(9-14)27-13-26-18/h2-11H,12-13H2,1H3,(H,22,25). The molecule has 1 amide bonds. The van der Waals surface area contributed by atoms with Gasteiger partial charge in [-0.2, -0.15) is 5.10 Å². The highest BCUT2D eigenvalue weighted by atomic mass is 16.7. The van der Waals surface area contributed by atoms with Crippen LogP contribution in [-0.4, -0.2) is 27.5 Å². The summed E-state index contributed by atoms with van der Waals surface area (Å²) in [5, 5.41) is 7.34. The van der Waals surface area contributed by atoms with E-state index in [4.69, 9.17) is 9.47 Å². The van der Waals surface area contributed by atoms with Crippen molar-refractivity contribution < 1.29 is 14.3 Å². The van der Waals surface area contributed by atoms with Crippen molar-refractivity contribution in [3.8, 4) is 22.8 Å². The van der Waals surface area contributed by atoms with Crippen molar-refractivity contribution in [1.82, 2.24) is 20.1 Å². The number of nitrogens with one attached hydrogen (secondary N) is 1. The SMILES string of the molecule is Cn1nc(-c2cccnc2)cc1CNC(=O)C=Cc1ccc2c(c1)OCO2. The Kier molecular flexibility index (Phi) is 4.57. The third-order valence-electron chi connectivity index (χ3n) is 4.20. The zero-order valence-electron chi connectivity index (χ0n) is 14.8. The molecule has 1 aliphatic heterocycles. The van der Waals surface area contributed by atoms with Crippen molar-refractivity contribution in [2.45, 2.75) is 6.54 Å². The molecular weight excluding hydrogens is 344 g/mol. The molecule has 3 aromatic rings. The molecule has 1 aromatic carbocycles. The van der Waals surface area contributed by atoms with Gasteiger partial charge in [0.25, 0.3) is 0 Å². The Hall–Kier alpha value is -3.61. The monoisotopic (exact) mass is 362 g/mol. The predicted octanol–water partition coefficient (Wildman–Crippen LogP) is 2.54. The summed E-state index contributed by atoms with van der Waals surface area (Å²) in [6.07, 6.45) is 6.72. The fraction of sp³-hybridized carbons (Fsp3) is 0.150. The van der Waals surface area contributed by atoms with E-state index in [1.165, 1.54) is 6.08 Å². The molecule has 0 atom stereocenters. The van der Waals surface area contributed by atoms with Gasteiger partial charge in [-0.15, -0.1) is 0 Å². The van der Waals surface area contributed by atoms with Gasteiger partial charge in [0.2, 0.25) is 12.7 Å². The number of pyridine rings is 1. The molecule has 0 spiro atoms. The van der Waals surface area contributed by atoms with Crippen LogP contribution < -0.4 is 14.8 Å². The number of aryl methyl sites for hydroxylation is 1. The van der Waals surface area contributed by atoms with E-state index in [2.05, 4.69) is 15.4 Å². The zero-order valence-corrected chi connectivity index (χ0v) is 14.8. The van der Waals surface area contributed by atoms with Gasteiger partial charge in [0.15, 0.2) is 11.5 Å². The summed E-state index contributed by atoms with van der Waals surface area (Å²) in [5.74, 6) is 1.23. The number of carbonyl (C=O) groups is 1. The number of ether oxygens (including phenoxy) is 2. The molecule has 136 valence electrons. The molecule has 0 saturated carbocycles. The van der Waals surface area contributed by atoms with Gasteiger partial charge in [-0.1, -0.05) is 6.07 Å². The first-order valence-electron chi connectivity index (χ1n) is 8.48. The number of carbonyl (C=O) groups excluding carboxylic acids is 1. The van der Waals surface area contributed by atoms with Crippen molar-refractivity contribution in [2.75, 3.05) is 6.79 Å². The lowest BCUT2D eigenvalue weighted by Crippen LogP contribution is -2.21. The van der Waals surface area contributed by atoms with Crippen LogP contribution in [0.3, 0.4) is 0 Å². The minimum Gasteiger partial charge on any atom is -0.454 e. The van der Waals surface area contributed by atoms with E-state index in [9.17, 15) is 4.79 Å². The highest BCUT2D eigenvalue weighted by Crippen LogP contribution is 2.32. The van der Waals surface area contributed by atoms with Crippen molar-refractivity contribution >= 4 is 12.0 Å². The molecule has 0 bridgehead atoms. The Morgan fingerprint density at radius 2 is 2.15 bits per heavy atom. The maximum atomic E-state index is 12.1. The first kappa shape index (κ1) is 16.8. The predicted molar refractivity (Wildman–Crippen MR) is 99.9 cm³/mol. The van der Waals surface area contributed by atoms with Crippen molar-refractivity contribution in [3.63, 3.8) is 0 Å². The van der Waals surface area contributed by atoms with Gasteiger partial charge >= 0.3 is 0 Å². The van der Waals surface area contributed by atoms with Gasteiger partial charge in [-0.3, -0.25) is 14.5 Å². The van der Waals surface area contributed by atoms with Crippen LogP contribution in [0.25, 0.3) is 17.3 Å². The molecular formula is C20H18N4O3. The number of nitrogens with zero attached hydrogens (tertiary/aromatic N) is 3. The van der Waals surface area contributed by atoms with E-state index in [-0.39, 0.29) is 12.7 Å². The quantitative estimate of drug-likeness (QED) is 0.706. The van der Waals surface area contributed by atoms with Crippen LogP contribution in [0.5, 0.6) is 11.5 Å². The van der Waals surface area contributed by atoms with Gasteiger partial charge in [-0.25, -0.2) is 0 Å². The van der Waals surface area contributed by atoms with Crippen LogP contribution in [0.15, 0.2) is 54.9 Å². The van der Waals surface area contributed by atoms with Crippen LogP contribution in [-0.2, 0) is 18.4 Å². The van der Waals surface area contributed by atoms with E-state index >= 15 is 0 Å². The molecule has 0 aliphatic carbocycles. The molecule has 1 N–H and O–H groups in total. The number of aromatic nitrogens is 3. The van der Waals surface area contributed by atoms with E-state index in [1.807, 2.05) is 43.4 Å². The van der Waals surface area contributed by atoms with Crippen LogP contribution in [0.1, 0.15) is 11.3 Å². The van der Waals surface area contributed by atoms with Gasteiger partial charge in [-0.05, 0) is 42.0 Å². The van der Waals surface area contributed by atoms with E-state index in [1.54, 1.807) is 23.2 Å². The lowest BCUT2D eigenvalue weighted by atomic mass is 10.2. The number of fused-ring (bicyclic) bond motifs is 1. The van der Waals surface area contributed by atoms with E-state index < -0.39 is 0 Å². The lowest BCUT2D eigenvalue weighted by molar-refractivity contribution is -0.116. The van der Waals surface area contributed by atoms with Gasteiger partial charge < -0.3 is 14.8 Å². The van der Waals surface area contributed by atoms with Crippen molar-refractivity contribution in [2.24, 2.45) is 7.05 Å². The summed E-state index contributed by atoms with van der Waals surface area (Å²) in [5.41, 5.74) is 3.53. The third kappa shape index (κ3) is 3.82. The van der Waals surface area contributed by atoms with Gasteiger partial charge in [0.1, 0.15) is 0 Å². The summed E-state index contributed by atoms with van der Waals surface area (Å²) < 4.78 is 12.4. The summed E-state index contributed by atoms with van der Waals surface area (Å²) in [6.45, 7) is 0.614. The maximum Gasteiger partial charge on any atom is 0.244 e. The molecule has 27 heavy (non-hydrogen) atoms. The largest absolute Gasteiger partial charge is 0.454 e. The smallest absolute Gasteiger partial charge is 0.244 e. The second-order valence-corrected chi connectivity index (χ2v) is 6.05. The highest BCUT2D eigenvalue weighted by Gasteiger charge is 2.12. The van der Waals surface area contributed by atoms with Gasteiger partial charge in [0, 0.05) is 31.1 Å². The Morgan fingerprint density at radius 3 is 3.00 bits per heavy atom. The van der Waals surface area contributed by atoms with Crippen LogP contribution >= 0.6 is 0 Å². The fourth-order valence-corrected chi connectivity index (χ4v) is 2.75. The van der Waals surface area contributed by atoms with E-state index in [0.717, 1.165) is 28.3 Å². The maximum absolute atomic E-state index is 12.1. The molecule has 7 nitrogen and oxygen atoms in total. The topological polar surface area (TPSA) is 78.3 Å². The first-order chi connectivity index (χ1) is 13.2. The second-order valence-electron chi connectivity index (χ2n) is 6.05. The average Bonchev–Trinajstić information content (AvgIpc) is 3.31. The van der Waals surface area contributed by atoms with Crippen molar-refractivity contribution in [1.29, 1.82) is 0 Å².